The van der Waals surface area contributed by atoms with Crippen molar-refractivity contribution in [3.05, 3.63) is 24.3 Å². The molecule has 1 unspecified atom stereocenters. The topological polar surface area (TPSA) is 64.3 Å². The third-order valence-electron chi connectivity index (χ3n) is 2.88. The molecule has 0 aliphatic heterocycles. The second kappa shape index (κ2) is 8.53. The van der Waals surface area contributed by atoms with Crippen molar-refractivity contribution < 1.29 is 9.53 Å². The fourth-order valence-electron chi connectivity index (χ4n) is 1.83. The van der Waals surface area contributed by atoms with Gasteiger partial charge in [-0.2, -0.15) is 0 Å². The monoisotopic (exact) mass is 264 g/mol. The van der Waals surface area contributed by atoms with E-state index in [1.807, 2.05) is 12.1 Å². The van der Waals surface area contributed by atoms with Gasteiger partial charge in [-0.1, -0.05) is 25.5 Å². The van der Waals surface area contributed by atoms with Crippen LogP contribution in [0.1, 0.15) is 39.5 Å². The number of ether oxygens (including phenoxy) is 1. The molecule has 0 spiro atoms. The van der Waals surface area contributed by atoms with Gasteiger partial charge in [-0.3, -0.25) is 4.79 Å². The number of benzene rings is 1. The highest BCUT2D eigenvalue weighted by molar-refractivity contribution is 5.93. The van der Waals surface area contributed by atoms with Crippen LogP contribution in [0.3, 0.4) is 0 Å². The van der Waals surface area contributed by atoms with Crippen LogP contribution in [0.15, 0.2) is 24.3 Å². The minimum absolute atomic E-state index is 0.0235. The number of hydrogen-bond donors (Lipinski definition) is 2. The van der Waals surface area contributed by atoms with Gasteiger partial charge in [0.25, 0.3) is 0 Å². The Balaban J connectivity index is 2.20. The van der Waals surface area contributed by atoms with Crippen molar-refractivity contribution in [1.29, 1.82) is 0 Å². The largest absolute Gasteiger partial charge is 0.397 e. The molecule has 3 N–H and O–H groups in total. The van der Waals surface area contributed by atoms with Crippen LogP contribution in [0, 0.1) is 0 Å². The zero-order valence-corrected chi connectivity index (χ0v) is 11.8. The van der Waals surface area contributed by atoms with E-state index in [1.165, 1.54) is 0 Å². The van der Waals surface area contributed by atoms with Crippen LogP contribution in [0.4, 0.5) is 11.4 Å². The molecule has 0 aromatic heterocycles. The molecule has 19 heavy (non-hydrogen) atoms. The Labute approximate surface area is 115 Å². The van der Waals surface area contributed by atoms with Gasteiger partial charge in [0.05, 0.1) is 17.5 Å². The van der Waals surface area contributed by atoms with E-state index >= 15 is 0 Å². The van der Waals surface area contributed by atoms with Crippen molar-refractivity contribution in [1.82, 2.24) is 0 Å². The third-order valence-corrected chi connectivity index (χ3v) is 2.88. The molecule has 0 radical (unpaired) electrons. The maximum atomic E-state index is 11.7. The lowest BCUT2D eigenvalue weighted by Crippen LogP contribution is -2.15. The molecule has 0 saturated heterocycles. The molecule has 1 rings (SSSR count). The first-order chi connectivity index (χ1) is 9.13. The molecule has 0 aliphatic rings. The Kier molecular flexibility index (Phi) is 6.97. The summed E-state index contributed by atoms with van der Waals surface area (Å²) in [5, 5.41) is 2.80. The molecule has 0 fully saturated rings. The van der Waals surface area contributed by atoms with Gasteiger partial charge in [0.1, 0.15) is 0 Å². The summed E-state index contributed by atoms with van der Waals surface area (Å²) in [5.41, 5.74) is 7.02. The van der Waals surface area contributed by atoms with Crippen LogP contribution in [-0.4, -0.2) is 18.6 Å². The quantitative estimate of drug-likeness (QED) is 0.560. The Morgan fingerprint density at radius 3 is 2.84 bits per heavy atom. The number of carbonyl (C=O) groups is 1. The minimum Gasteiger partial charge on any atom is -0.397 e. The molecule has 1 aromatic carbocycles. The standard InChI is InChI=1S/C15H24N2O2/c1-3-7-12(2)19-11-6-10-15(18)17-14-9-5-4-8-13(14)16/h4-5,8-9,12H,3,6-7,10-11,16H2,1-2H3,(H,17,18). The summed E-state index contributed by atoms with van der Waals surface area (Å²) in [7, 11) is 0. The average Bonchev–Trinajstić information content (AvgIpc) is 2.38. The van der Waals surface area contributed by atoms with E-state index in [1.54, 1.807) is 12.1 Å². The van der Waals surface area contributed by atoms with Gasteiger partial charge < -0.3 is 15.8 Å². The van der Waals surface area contributed by atoms with Crippen molar-refractivity contribution in [3.63, 3.8) is 0 Å². The molecular formula is C15H24N2O2. The van der Waals surface area contributed by atoms with Gasteiger partial charge >= 0.3 is 0 Å². The fraction of sp³-hybridized carbons (Fsp3) is 0.533. The molecule has 1 atom stereocenters. The SMILES string of the molecule is CCCC(C)OCCCC(=O)Nc1ccccc1N. The smallest absolute Gasteiger partial charge is 0.224 e. The van der Waals surface area contributed by atoms with E-state index in [0.29, 0.717) is 24.4 Å². The third kappa shape index (κ3) is 6.25. The molecular weight excluding hydrogens is 240 g/mol. The van der Waals surface area contributed by atoms with E-state index in [-0.39, 0.29) is 12.0 Å². The van der Waals surface area contributed by atoms with Gasteiger partial charge in [0.15, 0.2) is 0 Å². The maximum absolute atomic E-state index is 11.7. The lowest BCUT2D eigenvalue weighted by atomic mass is 10.2. The van der Waals surface area contributed by atoms with Crippen LogP contribution >= 0.6 is 0 Å². The molecule has 0 bridgehead atoms. The van der Waals surface area contributed by atoms with Gasteiger partial charge in [-0.25, -0.2) is 0 Å². The predicted octanol–water partition coefficient (Wildman–Crippen LogP) is 3.19. The van der Waals surface area contributed by atoms with Gasteiger partial charge in [-0.05, 0) is 31.9 Å². The Morgan fingerprint density at radius 2 is 2.16 bits per heavy atom. The summed E-state index contributed by atoms with van der Waals surface area (Å²) >= 11 is 0. The van der Waals surface area contributed by atoms with Gasteiger partial charge in [0, 0.05) is 13.0 Å². The van der Waals surface area contributed by atoms with Crippen LogP contribution in [0.25, 0.3) is 0 Å². The number of nitrogens with two attached hydrogens (primary N) is 1. The van der Waals surface area contributed by atoms with Crippen LogP contribution < -0.4 is 11.1 Å². The second-order valence-corrected chi connectivity index (χ2v) is 4.71. The highest BCUT2D eigenvalue weighted by Gasteiger charge is 2.05. The van der Waals surface area contributed by atoms with Crippen molar-refractivity contribution in [2.24, 2.45) is 0 Å². The number of carbonyl (C=O) groups excluding carboxylic acids is 1. The molecule has 4 heteroatoms. The molecule has 0 saturated carbocycles. The van der Waals surface area contributed by atoms with Gasteiger partial charge in [-0.15, -0.1) is 0 Å². The number of hydrogen-bond acceptors (Lipinski definition) is 3. The Hall–Kier alpha value is -1.55. The zero-order valence-electron chi connectivity index (χ0n) is 11.8. The van der Waals surface area contributed by atoms with E-state index in [2.05, 4.69) is 19.2 Å². The Morgan fingerprint density at radius 1 is 1.42 bits per heavy atom. The first-order valence-electron chi connectivity index (χ1n) is 6.89. The minimum atomic E-state index is -0.0235. The highest BCUT2D eigenvalue weighted by atomic mass is 16.5. The molecule has 0 aliphatic carbocycles. The molecule has 4 nitrogen and oxygen atoms in total. The van der Waals surface area contributed by atoms with Crippen LogP contribution in [0.2, 0.25) is 0 Å². The van der Waals surface area contributed by atoms with Crippen LogP contribution in [0.5, 0.6) is 0 Å². The number of rotatable bonds is 8. The van der Waals surface area contributed by atoms with E-state index < -0.39 is 0 Å². The maximum Gasteiger partial charge on any atom is 0.224 e. The lowest BCUT2D eigenvalue weighted by molar-refractivity contribution is -0.116. The average molecular weight is 264 g/mol. The number of amides is 1. The first-order valence-corrected chi connectivity index (χ1v) is 6.89. The summed E-state index contributed by atoms with van der Waals surface area (Å²) < 4.78 is 5.60. The first kappa shape index (κ1) is 15.5. The molecule has 106 valence electrons. The number of para-hydroxylation sites is 2. The van der Waals surface area contributed by atoms with E-state index in [4.69, 9.17) is 10.5 Å². The summed E-state index contributed by atoms with van der Waals surface area (Å²) in [6, 6.07) is 7.26. The Bertz CT molecular complexity index is 393. The summed E-state index contributed by atoms with van der Waals surface area (Å²) in [6.45, 7) is 4.82. The van der Waals surface area contributed by atoms with Crippen molar-refractivity contribution in [2.75, 3.05) is 17.7 Å². The molecule has 1 aromatic rings. The molecule has 1 amide bonds. The van der Waals surface area contributed by atoms with Crippen molar-refractivity contribution >= 4 is 17.3 Å². The number of anilines is 2. The molecule has 0 heterocycles. The predicted molar refractivity (Wildman–Crippen MR) is 79.0 cm³/mol. The second-order valence-electron chi connectivity index (χ2n) is 4.71. The lowest BCUT2D eigenvalue weighted by Gasteiger charge is -2.12. The van der Waals surface area contributed by atoms with Crippen molar-refractivity contribution in [2.45, 2.75) is 45.6 Å². The summed E-state index contributed by atoms with van der Waals surface area (Å²) in [4.78, 5) is 11.7. The van der Waals surface area contributed by atoms with Crippen LogP contribution in [-0.2, 0) is 9.53 Å². The number of nitrogen functional groups attached to an aromatic ring is 1. The van der Waals surface area contributed by atoms with Crippen molar-refractivity contribution in [3.8, 4) is 0 Å². The van der Waals surface area contributed by atoms with Gasteiger partial charge in [0.2, 0.25) is 5.91 Å². The van der Waals surface area contributed by atoms with E-state index in [0.717, 1.165) is 19.3 Å². The fourth-order valence-corrected chi connectivity index (χ4v) is 1.83. The summed E-state index contributed by atoms with van der Waals surface area (Å²) in [5.74, 6) is -0.0235. The zero-order chi connectivity index (χ0) is 14.1. The summed E-state index contributed by atoms with van der Waals surface area (Å²) in [6.07, 6.45) is 3.64. The number of nitrogens with one attached hydrogen (secondary N) is 1. The normalized spacial score (nSPS) is 12.1. The van der Waals surface area contributed by atoms with E-state index in [9.17, 15) is 4.79 Å². The highest BCUT2D eigenvalue weighted by Crippen LogP contribution is 2.16.